The van der Waals surface area contributed by atoms with Gasteiger partial charge < -0.3 is 18.0 Å². The maximum absolute atomic E-state index is 11.6. The highest BCUT2D eigenvalue weighted by molar-refractivity contribution is 6.60. The highest BCUT2D eigenvalue weighted by atomic mass is 28.4. The van der Waals surface area contributed by atoms with Crippen molar-refractivity contribution in [3.63, 3.8) is 0 Å². The van der Waals surface area contributed by atoms with Gasteiger partial charge in [-0.25, -0.2) is 0 Å². The van der Waals surface area contributed by atoms with E-state index in [9.17, 15) is 4.79 Å². The number of esters is 1. The third-order valence-electron chi connectivity index (χ3n) is 3.12. The molecule has 0 aliphatic rings. The molecule has 0 saturated carbocycles. The summed E-state index contributed by atoms with van der Waals surface area (Å²) in [5.41, 5.74) is 0. The summed E-state index contributed by atoms with van der Waals surface area (Å²) >= 11 is 0. The van der Waals surface area contributed by atoms with Crippen LogP contribution in [0.2, 0.25) is 6.04 Å². The zero-order valence-corrected chi connectivity index (χ0v) is 13.2. The number of hydrogen-bond donors (Lipinski definition) is 0. The fourth-order valence-electron chi connectivity index (χ4n) is 1.76. The summed E-state index contributed by atoms with van der Waals surface area (Å²) in [6.07, 6.45) is 2.33. The molecule has 0 aliphatic heterocycles. The number of carbonyl (C=O) groups is 1. The molecule has 0 aliphatic carbocycles. The van der Waals surface area contributed by atoms with Crippen LogP contribution in [-0.4, -0.2) is 42.7 Å². The molecule has 0 aromatic carbocycles. The molecule has 0 N–H and O–H groups in total. The van der Waals surface area contributed by atoms with Gasteiger partial charge in [0.15, 0.2) is 0 Å². The van der Waals surface area contributed by atoms with Crippen molar-refractivity contribution in [2.45, 2.75) is 39.2 Å². The highest BCUT2D eigenvalue weighted by Gasteiger charge is 2.37. The summed E-state index contributed by atoms with van der Waals surface area (Å²) in [5, 5.41) is 0. The van der Waals surface area contributed by atoms with E-state index in [1.165, 1.54) is 0 Å². The quantitative estimate of drug-likeness (QED) is 0.348. The SMILES string of the molecule is CCC(CC)C(=O)OCCC[Si](OC)(OC)OC. The van der Waals surface area contributed by atoms with Crippen LogP contribution in [0, 0.1) is 5.92 Å². The third-order valence-corrected chi connectivity index (χ3v) is 5.96. The molecule has 0 bridgehead atoms. The summed E-state index contributed by atoms with van der Waals surface area (Å²) in [4.78, 5) is 11.6. The van der Waals surface area contributed by atoms with Crippen LogP contribution in [0.3, 0.4) is 0 Å². The molecule has 0 radical (unpaired) electrons. The van der Waals surface area contributed by atoms with Crippen LogP contribution in [0.1, 0.15) is 33.1 Å². The van der Waals surface area contributed by atoms with Gasteiger partial charge in [-0.15, -0.1) is 0 Å². The Balaban J connectivity index is 3.95. The molecule has 108 valence electrons. The molecule has 0 saturated heterocycles. The first-order valence-electron chi connectivity index (χ1n) is 6.41. The molecule has 0 aromatic heterocycles. The average molecular weight is 278 g/mol. The molecule has 18 heavy (non-hydrogen) atoms. The number of hydrogen-bond acceptors (Lipinski definition) is 5. The minimum atomic E-state index is -2.52. The van der Waals surface area contributed by atoms with E-state index in [0.717, 1.165) is 12.8 Å². The number of carbonyl (C=O) groups excluding carboxylic acids is 1. The Kier molecular flexibility index (Phi) is 9.26. The Hall–Kier alpha value is -0.433. The van der Waals surface area contributed by atoms with Crippen molar-refractivity contribution in [1.82, 2.24) is 0 Å². The van der Waals surface area contributed by atoms with Gasteiger partial charge in [0.2, 0.25) is 0 Å². The van der Waals surface area contributed by atoms with Crippen LogP contribution in [-0.2, 0) is 22.8 Å². The predicted molar refractivity (Wildman–Crippen MR) is 71.2 cm³/mol. The lowest BCUT2D eigenvalue weighted by Crippen LogP contribution is -2.42. The van der Waals surface area contributed by atoms with E-state index in [1.807, 2.05) is 13.8 Å². The average Bonchev–Trinajstić information content (AvgIpc) is 2.41. The number of rotatable bonds is 10. The standard InChI is InChI=1S/C12H26O5Si/c1-6-11(7-2)12(13)17-9-8-10-18(14-3,15-4)16-5/h11H,6-10H2,1-5H3. The zero-order valence-electron chi connectivity index (χ0n) is 12.2. The van der Waals surface area contributed by atoms with Crippen molar-refractivity contribution in [1.29, 1.82) is 0 Å². The van der Waals surface area contributed by atoms with Crippen molar-refractivity contribution in [3.8, 4) is 0 Å². The molecule has 0 spiro atoms. The highest BCUT2D eigenvalue weighted by Crippen LogP contribution is 2.16. The van der Waals surface area contributed by atoms with Gasteiger partial charge in [-0.2, -0.15) is 0 Å². The lowest BCUT2D eigenvalue weighted by molar-refractivity contribution is -0.148. The van der Waals surface area contributed by atoms with Crippen LogP contribution in [0.25, 0.3) is 0 Å². The van der Waals surface area contributed by atoms with Gasteiger partial charge in [-0.3, -0.25) is 4.79 Å². The molecule has 0 atom stereocenters. The van der Waals surface area contributed by atoms with E-state index in [-0.39, 0.29) is 11.9 Å². The monoisotopic (exact) mass is 278 g/mol. The summed E-state index contributed by atoms with van der Waals surface area (Å²) in [6.45, 7) is 4.38. The van der Waals surface area contributed by atoms with Crippen LogP contribution >= 0.6 is 0 Å². The van der Waals surface area contributed by atoms with Crippen molar-refractivity contribution >= 4 is 14.8 Å². The fraction of sp³-hybridized carbons (Fsp3) is 0.917. The maximum Gasteiger partial charge on any atom is 0.500 e. The molecular formula is C12H26O5Si. The van der Waals surface area contributed by atoms with Gasteiger partial charge in [0.05, 0.1) is 12.5 Å². The molecule has 6 heteroatoms. The number of ether oxygens (including phenoxy) is 1. The summed E-state index contributed by atoms with van der Waals surface area (Å²) in [7, 11) is 2.21. The maximum atomic E-state index is 11.6. The molecule has 0 heterocycles. The van der Waals surface area contributed by atoms with Crippen molar-refractivity contribution < 1.29 is 22.8 Å². The van der Waals surface area contributed by atoms with E-state index >= 15 is 0 Å². The Labute approximate surface area is 111 Å². The first-order chi connectivity index (χ1) is 8.59. The molecule has 0 unspecified atom stereocenters. The van der Waals surface area contributed by atoms with Gasteiger partial charge in [-0.1, -0.05) is 13.8 Å². The van der Waals surface area contributed by atoms with Crippen LogP contribution in [0.4, 0.5) is 0 Å². The Morgan fingerprint density at radius 3 is 1.94 bits per heavy atom. The zero-order chi connectivity index (χ0) is 14.0. The normalized spacial score (nSPS) is 11.9. The summed E-state index contributed by atoms with van der Waals surface area (Å²) in [6, 6.07) is 0.646. The predicted octanol–water partition coefficient (Wildman–Crippen LogP) is 2.23. The molecule has 0 rings (SSSR count). The van der Waals surface area contributed by atoms with Gasteiger partial charge in [-0.05, 0) is 19.3 Å². The van der Waals surface area contributed by atoms with Crippen LogP contribution in [0.5, 0.6) is 0 Å². The Bertz CT molecular complexity index is 218. The first kappa shape index (κ1) is 17.6. The molecule has 0 amide bonds. The van der Waals surface area contributed by atoms with E-state index < -0.39 is 8.80 Å². The molecule has 0 aromatic rings. The van der Waals surface area contributed by atoms with E-state index in [1.54, 1.807) is 21.3 Å². The lowest BCUT2D eigenvalue weighted by atomic mass is 10.0. The lowest BCUT2D eigenvalue weighted by Gasteiger charge is -2.24. The largest absolute Gasteiger partial charge is 0.500 e. The van der Waals surface area contributed by atoms with Crippen molar-refractivity contribution in [2.24, 2.45) is 5.92 Å². The minimum absolute atomic E-state index is 0.0132. The summed E-state index contributed by atoms with van der Waals surface area (Å²) in [5.74, 6) is -0.0983. The fourth-order valence-corrected chi connectivity index (χ4v) is 3.45. The summed E-state index contributed by atoms with van der Waals surface area (Å²) < 4.78 is 21.1. The third kappa shape index (κ3) is 5.47. The van der Waals surface area contributed by atoms with Crippen LogP contribution < -0.4 is 0 Å². The van der Waals surface area contributed by atoms with E-state index in [4.69, 9.17) is 18.0 Å². The first-order valence-corrected chi connectivity index (χ1v) is 8.34. The second-order valence-corrected chi connectivity index (χ2v) is 7.17. The smallest absolute Gasteiger partial charge is 0.465 e. The van der Waals surface area contributed by atoms with E-state index in [0.29, 0.717) is 19.1 Å². The van der Waals surface area contributed by atoms with Gasteiger partial charge in [0, 0.05) is 27.4 Å². The molecule has 0 fully saturated rings. The van der Waals surface area contributed by atoms with Gasteiger partial charge in [0.25, 0.3) is 0 Å². The van der Waals surface area contributed by atoms with E-state index in [2.05, 4.69) is 0 Å². The van der Waals surface area contributed by atoms with Crippen molar-refractivity contribution in [2.75, 3.05) is 27.9 Å². The minimum Gasteiger partial charge on any atom is -0.465 e. The second kappa shape index (κ2) is 9.49. The van der Waals surface area contributed by atoms with Gasteiger partial charge >= 0.3 is 14.8 Å². The molecule has 5 nitrogen and oxygen atoms in total. The second-order valence-electron chi connectivity index (χ2n) is 4.08. The van der Waals surface area contributed by atoms with Gasteiger partial charge in [0.1, 0.15) is 0 Å². The van der Waals surface area contributed by atoms with Crippen LogP contribution in [0.15, 0.2) is 0 Å². The Morgan fingerprint density at radius 1 is 1.06 bits per heavy atom. The van der Waals surface area contributed by atoms with Crippen molar-refractivity contribution in [3.05, 3.63) is 0 Å². The topological polar surface area (TPSA) is 54.0 Å². The Morgan fingerprint density at radius 2 is 1.56 bits per heavy atom. The molecular weight excluding hydrogens is 252 g/mol.